The van der Waals surface area contributed by atoms with Gasteiger partial charge in [-0.1, -0.05) is 0 Å². The molecule has 26 heavy (non-hydrogen) atoms. The number of nitrogens with zero attached hydrogens (tertiary/aromatic N) is 2. The molecule has 1 atom stereocenters. The van der Waals surface area contributed by atoms with Gasteiger partial charge in [0.05, 0.1) is 18.2 Å². The second-order valence-corrected chi connectivity index (χ2v) is 5.33. The summed E-state index contributed by atoms with van der Waals surface area (Å²) in [6.07, 6.45) is 1.14. The van der Waals surface area contributed by atoms with Crippen LogP contribution in [0.15, 0.2) is 47.6 Å². The Morgan fingerprint density at radius 2 is 2.00 bits per heavy atom. The molecule has 0 radical (unpaired) electrons. The van der Waals surface area contributed by atoms with Crippen molar-refractivity contribution in [3.63, 3.8) is 0 Å². The van der Waals surface area contributed by atoms with Gasteiger partial charge in [0, 0.05) is 23.4 Å². The number of nitro groups is 1. The minimum absolute atomic E-state index is 0.121. The number of anilines is 1. The van der Waals surface area contributed by atoms with E-state index in [2.05, 4.69) is 15.8 Å². The van der Waals surface area contributed by atoms with Gasteiger partial charge >= 0.3 is 0 Å². The van der Waals surface area contributed by atoms with E-state index in [4.69, 9.17) is 4.74 Å². The van der Waals surface area contributed by atoms with Crippen molar-refractivity contribution in [1.82, 2.24) is 5.43 Å². The lowest BCUT2D eigenvalue weighted by atomic mass is 10.2. The maximum atomic E-state index is 12.0. The Morgan fingerprint density at radius 3 is 2.62 bits per heavy atom. The van der Waals surface area contributed by atoms with Crippen LogP contribution in [0.25, 0.3) is 0 Å². The van der Waals surface area contributed by atoms with Gasteiger partial charge in [-0.05, 0) is 37.3 Å². The molecule has 0 unspecified atom stereocenters. The zero-order valence-electron chi connectivity index (χ0n) is 14.2. The van der Waals surface area contributed by atoms with Crippen molar-refractivity contribution in [2.24, 2.45) is 5.10 Å². The van der Waals surface area contributed by atoms with E-state index in [0.717, 1.165) is 18.0 Å². The molecule has 2 aromatic carbocycles. The smallest absolute Gasteiger partial charge is 0.270 e. The van der Waals surface area contributed by atoms with Crippen LogP contribution in [0.2, 0.25) is 0 Å². The van der Waals surface area contributed by atoms with E-state index < -0.39 is 16.9 Å². The molecule has 9 heteroatoms. The first-order valence-electron chi connectivity index (χ1n) is 7.61. The largest absolute Gasteiger partial charge is 0.507 e. The number of benzene rings is 2. The summed E-state index contributed by atoms with van der Waals surface area (Å²) < 4.78 is 5.06. The Bertz CT molecular complexity index is 820. The molecular formula is C17H18N4O5. The van der Waals surface area contributed by atoms with Crippen molar-refractivity contribution in [2.75, 3.05) is 12.4 Å². The first kappa shape index (κ1) is 18.7. The molecule has 0 aliphatic heterocycles. The number of methoxy groups -OCH3 is 1. The maximum Gasteiger partial charge on any atom is 0.270 e. The number of phenols is 1. The van der Waals surface area contributed by atoms with Gasteiger partial charge in [0.2, 0.25) is 0 Å². The molecule has 0 fully saturated rings. The molecule has 0 saturated heterocycles. The summed E-state index contributed by atoms with van der Waals surface area (Å²) >= 11 is 0. The third-order valence-corrected chi connectivity index (χ3v) is 3.47. The second-order valence-electron chi connectivity index (χ2n) is 5.33. The van der Waals surface area contributed by atoms with Crippen LogP contribution >= 0.6 is 0 Å². The Morgan fingerprint density at radius 1 is 1.31 bits per heavy atom. The van der Waals surface area contributed by atoms with Crippen molar-refractivity contribution >= 4 is 23.5 Å². The molecule has 0 heterocycles. The normalized spacial score (nSPS) is 11.8. The fraction of sp³-hybridized carbons (Fsp3) is 0.176. The predicted octanol–water partition coefficient (Wildman–Crippen LogP) is 2.26. The van der Waals surface area contributed by atoms with Gasteiger partial charge in [0.25, 0.3) is 11.6 Å². The van der Waals surface area contributed by atoms with E-state index in [1.807, 2.05) is 0 Å². The van der Waals surface area contributed by atoms with Crippen LogP contribution in [0.3, 0.4) is 0 Å². The number of rotatable bonds is 7. The predicted molar refractivity (Wildman–Crippen MR) is 96.6 cm³/mol. The Kier molecular flexibility index (Phi) is 6.10. The Hall–Kier alpha value is -3.62. The van der Waals surface area contributed by atoms with E-state index in [9.17, 15) is 20.0 Å². The van der Waals surface area contributed by atoms with Crippen LogP contribution in [0, 0.1) is 10.1 Å². The molecule has 136 valence electrons. The number of aromatic hydroxyl groups is 1. The van der Waals surface area contributed by atoms with Crippen molar-refractivity contribution in [3.05, 3.63) is 58.1 Å². The highest BCUT2D eigenvalue weighted by Crippen LogP contribution is 2.21. The van der Waals surface area contributed by atoms with E-state index in [1.54, 1.807) is 38.3 Å². The van der Waals surface area contributed by atoms with Crippen LogP contribution in [-0.2, 0) is 4.79 Å². The van der Waals surface area contributed by atoms with E-state index in [-0.39, 0.29) is 17.0 Å². The van der Waals surface area contributed by atoms with Crippen molar-refractivity contribution in [2.45, 2.75) is 13.0 Å². The average molecular weight is 358 g/mol. The van der Waals surface area contributed by atoms with Crippen molar-refractivity contribution in [3.8, 4) is 11.5 Å². The van der Waals surface area contributed by atoms with Crippen molar-refractivity contribution in [1.29, 1.82) is 0 Å². The molecule has 1 amide bonds. The monoisotopic (exact) mass is 358 g/mol. The van der Waals surface area contributed by atoms with Gasteiger partial charge in [-0.3, -0.25) is 14.9 Å². The molecule has 0 spiro atoms. The number of nitrogens with one attached hydrogen (secondary N) is 2. The van der Waals surface area contributed by atoms with E-state index in [0.29, 0.717) is 5.75 Å². The van der Waals surface area contributed by atoms with Gasteiger partial charge in [-0.15, -0.1) is 0 Å². The van der Waals surface area contributed by atoms with Crippen molar-refractivity contribution < 1.29 is 19.6 Å². The highest BCUT2D eigenvalue weighted by Gasteiger charge is 2.12. The summed E-state index contributed by atoms with van der Waals surface area (Å²) in [7, 11) is 1.57. The lowest BCUT2D eigenvalue weighted by Crippen LogP contribution is -2.34. The molecule has 2 aromatic rings. The lowest BCUT2D eigenvalue weighted by molar-refractivity contribution is -0.384. The molecular weight excluding hydrogens is 340 g/mol. The van der Waals surface area contributed by atoms with Crippen LogP contribution in [0.4, 0.5) is 11.4 Å². The van der Waals surface area contributed by atoms with Crippen LogP contribution in [0.1, 0.15) is 12.5 Å². The topological polar surface area (TPSA) is 126 Å². The zero-order valence-corrected chi connectivity index (χ0v) is 14.2. The molecule has 9 nitrogen and oxygen atoms in total. The summed E-state index contributed by atoms with van der Waals surface area (Å²) in [5.41, 5.74) is 2.97. The summed E-state index contributed by atoms with van der Waals surface area (Å²) in [5, 5.41) is 27.1. The van der Waals surface area contributed by atoms with Gasteiger partial charge in [0.1, 0.15) is 17.5 Å². The number of carbonyl (C=O) groups is 1. The number of nitro benzene ring substituents is 1. The van der Waals surface area contributed by atoms with Crippen LogP contribution in [-0.4, -0.2) is 35.3 Å². The second kappa shape index (κ2) is 8.47. The van der Waals surface area contributed by atoms with Crippen LogP contribution < -0.4 is 15.5 Å². The third-order valence-electron chi connectivity index (χ3n) is 3.47. The summed E-state index contributed by atoms with van der Waals surface area (Å²) in [5.74, 6) is 0.106. The maximum absolute atomic E-state index is 12.0. The molecule has 0 aliphatic carbocycles. The first-order valence-corrected chi connectivity index (χ1v) is 7.61. The molecule has 0 aromatic heterocycles. The summed E-state index contributed by atoms with van der Waals surface area (Å²) in [4.78, 5) is 22.2. The number of phenolic OH excluding ortho intramolecular Hbond substituents is 1. The molecule has 0 saturated carbocycles. The Labute approximate surface area is 149 Å². The van der Waals surface area contributed by atoms with E-state index >= 15 is 0 Å². The fourth-order valence-electron chi connectivity index (χ4n) is 2.02. The van der Waals surface area contributed by atoms with Crippen LogP contribution in [0.5, 0.6) is 11.5 Å². The lowest BCUT2D eigenvalue weighted by Gasteiger charge is -2.13. The number of amides is 1. The molecule has 2 rings (SSSR count). The highest BCUT2D eigenvalue weighted by molar-refractivity contribution is 5.88. The number of non-ortho nitro benzene ring substituents is 1. The zero-order chi connectivity index (χ0) is 19.1. The molecule has 3 N–H and O–H groups in total. The third kappa shape index (κ3) is 4.94. The van der Waals surface area contributed by atoms with Gasteiger partial charge in [0.15, 0.2) is 0 Å². The Balaban J connectivity index is 1.95. The molecule has 0 bridgehead atoms. The highest BCUT2D eigenvalue weighted by atomic mass is 16.6. The van der Waals surface area contributed by atoms with Gasteiger partial charge in [-0.2, -0.15) is 5.10 Å². The SMILES string of the molecule is COc1ccc(N[C@@H](C)C(=O)NN=Cc2cc([N+](=O)[O-])ccc2O)cc1. The standard InChI is InChI=1S/C17H18N4O5/c1-11(19-13-3-6-15(26-2)7-4-13)17(23)20-18-10-12-9-14(21(24)25)5-8-16(12)22/h3-11,19,22H,1-2H3,(H,20,23)/t11-/m0/s1. The number of ether oxygens (including phenoxy) is 1. The first-order chi connectivity index (χ1) is 12.4. The van der Waals surface area contributed by atoms with Gasteiger partial charge in [-0.25, -0.2) is 5.43 Å². The summed E-state index contributed by atoms with van der Waals surface area (Å²) in [6, 6.07) is 10.00. The number of hydrogen-bond donors (Lipinski definition) is 3. The number of hydrogen-bond acceptors (Lipinski definition) is 7. The fourth-order valence-corrected chi connectivity index (χ4v) is 2.02. The number of hydrazone groups is 1. The van der Waals surface area contributed by atoms with E-state index in [1.165, 1.54) is 12.1 Å². The quantitative estimate of drug-likeness (QED) is 0.396. The average Bonchev–Trinajstić information content (AvgIpc) is 2.63. The molecule has 0 aliphatic rings. The minimum atomic E-state index is -0.587. The summed E-state index contributed by atoms with van der Waals surface area (Å²) in [6.45, 7) is 1.65. The number of carbonyl (C=O) groups excluding carboxylic acids is 1. The minimum Gasteiger partial charge on any atom is -0.507 e. The van der Waals surface area contributed by atoms with Gasteiger partial charge < -0.3 is 15.2 Å².